The van der Waals surface area contributed by atoms with Gasteiger partial charge in [0.1, 0.15) is 22.8 Å². The van der Waals surface area contributed by atoms with E-state index >= 15 is 0 Å². The standard InChI is InChI=1S/C23H31NO4/c1-7-8-14-27-20-15-19(17(3)24(4)5)22(26-6)16(2)21(20)23(25)28-18-12-10-9-11-13-18/h9-13,15,17H,7-8,14H2,1-6H3/t17-/m0/s1. The van der Waals surface area contributed by atoms with E-state index in [-0.39, 0.29) is 6.04 Å². The maximum absolute atomic E-state index is 13.0. The second kappa shape index (κ2) is 10.1. The number of unbranched alkanes of at least 4 members (excludes halogenated alkanes) is 1. The molecule has 0 amide bonds. The van der Waals surface area contributed by atoms with Crippen LogP contribution < -0.4 is 14.2 Å². The molecule has 0 heterocycles. The van der Waals surface area contributed by atoms with E-state index in [9.17, 15) is 4.79 Å². The minimum Gasteiger partial charge on any atom is -0.496 e. The van der Waals surface area contributed by atoms with Gasteiger partial charge < -0.3 is 19.1 Å². The Balaban J connectivity index is 2.52. The Kier molecular flexibility index (Phi) is 7.88. The van der Waals surface area contributed by atoms with Gasteiger partial charge in [-0.1, -0.05) is 31.5 Å². The largest absolute Gasteiger partial charge is 0.496 e. The van der Waals surface area contributed by atoms with E-state index in [1.165, 1.54) is 0 Å². The zero-order valence-electron chi connectivity index (χ0n) is 17.7. The fourth-order valence-corrected chi connectivity index (χ4v) is 2.99. The van der Waals surface area contributed by atoms with Gasteiger partial charge in [-0.2, -0.15) is 0 Å². The Morgan fingerprint density at radius 1 is 1.18 bits per heavy atom. The summed E-state index contributed by atoms with van der Waals surface area (Å²) in [5, 5.41) is 0. The number of hydrogen-bond donors (Lipinski definition) is 0. The second-order valence-electron chi connectivity index (χ2n) is 7.04. The van der Waals surface area contributed by atoms with Crippen LogP contribution in [0.2, 0.25) is 0 Å². The molecule has 0 radical (unpaired) electrons. The van der Waals surface area contributed by atoms with Gasteiger partial charge in [-0.25, -0.2) is 4.79 Å². The molecule has 0 saturated carbocycles. The van der Waals surface area contributed by atoms with Crippen molar-refractivity contribution in [1.29, 1.82) is 0 Å². The third kappa shape index (κ3) is 5.04. The summed E-state index contributed by atoms with van der Waals surface area (Å²) in [7, 11) is 5.64. The van der Waals surface area contributed by atoms with Crippen molar-refractivity contribution in [2.75, 3.05) is 27.8 Å². The molecule has 2 aromatic rings. The summed E-state index contributed by atoms with van der Waals surface area (Å²) in [6.45, 7) is 6.62. The number of ether oxygens (including phenoxy) is 3. The van der Waals surface area contributed by atoms with Crippen molar-refractivity contribution >= 4 is 5.97 Å². The van der Waals surface area contributed by atoms with E-state index < -0.39 is 5.97 Å². The first-order valence-electron chi connectivity index (χ1n) is 9.68. The maximum atomic E-state index is 13.0. The highest BCUT2D eigenvalue weighted by atomic mass is 16.5. The van der Waals surface area contributed by atoms with Crippen LogP contribution in [0.4, 0.5) is 0 Å². The number of rotatable bonds is 9. The molecule has 28 heavy (non-hydrogen) atoms. The van der Waals surface area contributed by atoms with Gasteiger partial charge in [0.2, 0.25) is 0 Å². The number of carbonyl (C=O) groups excluding carboxylic acids is 1. The summed E-state index contributed by atoms with van der Waals surface area (Å²) in [5.74, 6) is 1.27. The van der Waals surface area contributed by atoms with E-state index in [2.05, 4.69) is 18.7 Å². The lowest BCUT2D eigenvalue weighted by molar-refractivity contribution is 0.0728. The summed E-state index contributed by atoms with van der Waals surface area (Å²) in [5.41, 5.74) is 2.11. The topological polar surface area (TPSA) is 48.0 Å². The highest BCUT2D eigenvalue weighted by Gasteiger charge is 2.26. The average Bonchev–Trinajstić information content (AvgIpc) is 2.67. The van der Waals surface area contributed by atoms with Gasteiger partial charge in [0, 0.05) is 17.2 Å². The molecule has 0 saturated heterocycles. The van der Waals surface area contributed by atoms with Crippen molar-refractivity contribution in [3.63, 3.8) is 0 Å². The van der Waals surface area contributed by atoms with Gasteiger partial charge in [-0.15, -0.1) is 0 Å². The molecular formula is C23H31NO4. The van der Waals surface area contributed by atoms with Crippen molar-refractivity contribution < 1.29 is 19.0 Å². The number of methoxy groups -OCH3 is 1. The normalized spacial score (nSPS) is 12.0. The van der Waals surface area contributed by atoms with Gasteiger partial charge >= 0.3 is 5.97 Å². The predicted octanol–water partition coefficient (Wildman–Crippen LogP) is 5.02. The Hall–Kier alpha value is -2.53. The van der Waals surface area contributed by atoms with E-state index in [0.717, 1.165) is 24.0 Å². The molecule has 2 rings (SSSR count). The molecule has 0 aliphatic carbocycles. The molecule has 0 unspecified atom stereocenters. The van der Waals surface area contributed by atoms with Crippen molar-refractivity contribution in [3.8, 4) is 17.2 Å². The number of hydrogen-bond acceptors (Lipinski definition) is 5. The molecule has 152 valence electrons. The molecule has 5 nitrogen and oxygen atoms in total. The van der Waals surface area contributed by atoms with Crippen molar-refractivity contribution in [2.24, 2.45) is 0 Å². The predicted molar refractivity (Wildman–Crippen MR) is 112 cm³/mol. The first-order valence-corrected chi connectivity index (χ1v) is 9.68. The Morgan fingerprint density at radius 3 is 2.43 bits per heavy atom. The van der Waals surface area contributed by atoms with Crippen molar-refractivity contribution in [1.82, 2.24) is 4.90 Å². The van der Waals surface area contributed by atoms with Crippen LogP contribution in [0.5, 0.6) is 17.2 Å². The van der Waals surface area contributed by atoms with Crippen LogP contribution in [-0.2, 0) is 0 Å². The first kappa shape index (κ1) is 21.8. The fourth-order valence-electron chi connectivity index (χ4n) is 2.99. The lowest BCUT2D eigenvalue weighted by atomic mass is 9.97. The molecule has 0 aliphatic rings. The summed E-state index contributed by atoms with van der Waals surface area (Å²) in [4.78, 5) is 15.1. The molecule has 2 aromatic carbocycles. The minimum absolute atomic E-state index is 0.0985. The van der Waals surface area contributed by atoms with Crippen LogP contribution in [0.3, 0.4) is 0 Å². The third-order valence-corrected chi connectivity index (χ3v) is 4.85. The number of nitrogens with zero attached hydrogens (tertiary/aromatic N) is 1. The zero-order chi connectivity index (χ0) is 20.7. The SMILES string of the molecule is CCCCOc1cc([C@H](C)N(C)C)c(OC)c(C)c1C(=O)Oc1ccccc1. The minimum atomic E-state index is -0.447. The van der Waals surface area contributed by atoms with Gasteiger partial charge in [0.05, 0.1) is 13.7 Å². The highest BCUT2D eigenvalue weighted by molar-refractivity contribution is 5.96. The maximum Gasteiger partial charge on any atom is 0.347 e. The van der Waals surface area contributed by atoms with Crippen LogP contribution >= 0.6 is 0 Å². The quantitative estimate of drug-likeness (QED) is 0.344. The Bertz CT molecular complexity index is 787. The summed E-state index contributed by atoms with van der Waals surface area (Å²) >= 11 is 0. The number of carbonyl (C=O) groups is 1. The number of benzene rings is 2. The molecule has 5 heteroatoms. The van der Waals surface area contributed by atoms with Crippen LogP contribution in [0.25, 0.3) is 0 Å². The third-order valence-electron chi connectivity index (χ3n) is 4.85. The summed E-state index contributed by atoms with van der Waals surface area (Å²) < 4.78 is 17.3. The van der Waals surface area contributed by atoms with Crippen LogP contribution in [0, 0.1) is 6.92 Å². The fraction of sp³-hybridized carbons (Fsp3) is 0.435. The second-order valence-corrected chi connectivity index (χ2v) is 7.04. The molecule has 0 aromatic heterocycles. The first-order chi connectivity index (χ1) is 13.4. The number of para-hydroxylation sites is 1. The van der Waals surface area contributed by atoms with E-state index in [1.807, 2.05) is 45.3 Å². The summed E-state index contributed by atoms with van der Waals surface area (Å²) in [6, 6.07) is 11.1. The molecule has 0 N–H and O–H groups in total. The summed E-state index contributed by atoms with van der Waals surface area (Å²) in [6.07, 6.45) is 1.93. The van der Waals surface area contributed by atoms with Gasteiger partial charge in [0.25, 0.3) is 0 Å². The molecule has 0 fully saturated rings. The Morgan fingerprint density at radius 2 is 1.86 bits per heavy atom. The smallest absolute Gasteiger partial charge is 0.347 e. The molecule has 1 atom stereocenters. The van der Waals surface area contributed by atoms with Gasteiger partial charge in [-0.05, 0) is 52.6 Å². The average molecular weight is 386 g/mol. The van der Waals surface area contributed by atoms with Crippen LogP contribution in [0.15, 0.2) is 36.4 Å². The molecular weight excluding hydrogens is 354 g/mol. The van der Waals surface area contributed by atoms with Crippen molar-refractivity contribution in [3.05, 3.63) is 53.1 Å². The van der Waals surface area contributed by atoms with Crippen LogP contribution in [-0.4, -0.2) is 38.7 Å². The van der Waals surface area contributed by atoms with Crippen molar-refractivity contribution in [2.45, 2.75) is 39.7 Å². The monoisotopic (exact) mass is 385 g/mol. The highest BCUT2D eigenvalue weighted by Crippen LogP contribution is 2.39. The van der Waals surface area contributed by atoms with E-state index in [4.69, 9.17) is 14.2 Å². The van der Waals surface area contributed by atoms with Gasteiger partial charge in [-0.3, -0.25) is 0 Å². The van der Waals surface area contributed by atoms with Crippen LogP contribution in [0.1, 0.15) is 54.2 Å². The molecule has 0 bridgehead atoms. The lowest BCUT2D eigenvalue weighted by Gasteiger charge is -2.25. The zero-order valence-corrected chi connectivity index (χ0v) is 17.7. The van der Waals surface area contributed by atoms with Gasteiger partial charge in [0.15, 0.2) is 0 Å². The van der Waals surface area contributed by atoms with E-state index in [0.29, 0.717) is 29.4 Å². The molecule has 0 aliphatic heterocycles. The lowest BCUT2D eigenvalue weighted by Crippen LogP contribution is -2.20. The molecule has 0 spiro atoms. The van der Waals surface area contributed by atoms with E-state index in [1.54, 1.807) is 19.2 Å². The number of esters is 1. The Labute approximate surface area is 168 Å².